The van der Waals surface area contributed by atoms with E-state index >= 15 is 0 Å². The number of hydrogen-bond acceptors (Lipinski definition) is 2. The highest BCUT2D eigenvalue weighted by Gasteiger charge is 2.28. The summed E-state index contributed by atoms with van der Waals surface area (Å²) >= 11 is 5.94. The second-order valence-corrected chi connectivity index (χ2v) is 4.66. The summed E-state index contributed by atoms with van der Waals surface area (Å²) in [5, 5.41) is 0.745. The Hall–Kier alpha value is -0.570. The van der Waals surface area contributed by atoms with Gasteiger partial charge < -0.3 is 10.5 Å². The molecule has 82 valence electrons. The van der Waals surface area contributed by atoms with E-state index in [1.807, 2.05) is 24.3 Å². The van der Waals surface area contributed by atoms with Crippen LogP contribution >= 0.6 is 11.6 Å². The van der Waals surface area contributed by atoms with Crippen molar-refractivity contribution in [2.45, 2.75) is 25.5 Å². The lowest BCUT2D eigenvalue weighted by atomic mass is 9.92. The second kappa shape index (κ2) is 4.52. The number of nitrogens with two attached hydrogens (primary N) is 1. The fourth-order valence-electron chi connectivity index (χ4n) is 2.09. The lowest BCUT2D eigenvalue weighted by Gasteiger charge is -2.18. The molecule has 2 N–H and O–H groups in total. The van der Waals surface area contributed by atoms with Gasteiger partial charge in [-0.1, -0.05) is 23.7 Å². The molecule has 0 aromatic heterocycles. The van der Waals surface area contributed by atoms with Gasteiger partial charge in [0.25, 0.3) is 0 Å². The number of halogens is 1. The molecule has 3 atom stereocenters. The minimum Gasteiger partial charge on any atom is -0.378 e. The van der Waals surface area contributed by atoms with Crippen LogP contribution in [0.5, 0.6) is 0 Å². The standard InChI is InChI=1S/C12H16ClNO/c1-8-5-10(7-15-8)12(14)9-3-2-4-11(13)6-9/h2-4,6,8,10,12H,5,7,14H2,1H3. The molecule has 1 aromatic rings. The maximum Gasteiger partial charge on any atom is 0.0551 e. The van der Waals surface area contributed by atoms with E-state index in [4.69, 9.17) is 22.1 Å². The van der Waals surface area contributed by atoms with Crippen LogP contribution in [0, 0.1) is 5.92 Å². The van der Waals surface area contributed by atoms with Crippen molar-refractivity contribution in [1.82, 2.24) is 0 Å². The van der Waals surface area contributed by atoms with Crippen molar-refractivity contribution < 1.29 is 4.74 Å². The number of rotatable bonds is 2. The Kier molecular flexibility index (Phi) is 3.29. The molecule has 1 fully saturated rings. The van der Waals surface area contributed by atoms with Crippen LogP contribution in [-0.2, 0) is 4.74 Å². The second-order valence-electron chi connectivity index (χ2n) is 4.22. The molecule has 0 radical (unpaired) electrons. The summed E-state index contributed by atoms with van der Waals surface area (Å²) in [6, 6.07) is 7.81. The molecule has 1 aliphatic rings. The molecule has 1 aliphatic heterocycles. The third kappa shape index (κ3) is 2.51. The quantitative estimate of drug-likeness (QED) is 0.840. The first-order valence-electron chi connectivity index (χ1n) is 5.29. The Labute approximate surface area is 95.4 Å². The first-order valence-corrected chi connectivity index (χ1v) is 5.67. The fourth-order valence-corrected chi connectivity index (χ4v) is 2.29. The molecular formula is C12H16ClNO. The van der Waals surface area contributed by atoms with Gasteiger partial charge in [0.05, 0.1) is 12.7 Å². The number of ether oxygens (including phenoxy) is 1. The van der Waals surface area contributed by atoms with E-state index in [2.05, 4.69) is 6.92 Å². The monoisotopic (exact) mass is 225 g/mol. The summed E-state index contributed by atoms with van der Waals surface area (Å²) in [5.74, 6) is 0.415. The van der Waals surface area contributed by atoms with E-state index < -0.39 is 0 Å². The zero-order valence-corrected chi connectivity index (χ0v) is 9.58. The molecule has 0 saturated carbocycles. The third-order valence-electron chi connectivity index (χ3n) is 2.97. The van der Waals surface area contributed by atoms with Gasteiger partial charge in [0.2, 0.25) is 0 Å². The molecule has 15 heavy (non-hydrogen) atoms. The summed E-state index contributed by atoms with van der Waals surface area (Å²) in [7, 11) is 0. The van der Waals surface area contributed by atoms with Crippen molar-refractivity contribution in [1.29, 1.82) is 0 Å². The summed E-state index contributed by atoms with van der Waals surface area (Å²) in [6.07, 6.45) is 1.37. The van der Waals surface area contributed by atoms with E-state index in [1.54, 1.807) is 0 Å². The summed E-state index contributed by atoms with van der Waals surface area (Å²) in [4.78, 5) is 0. The first kappa shape index (κ1) is 10.9. The highest BCUT2D eigenvalue weighted by atomic mass is 35.5. The molecular weight excluding hydrogens is 210 g/mol. The number of hydrogen-bond donors (Lipinski definition) is 1. The largest absolute Gasteiger partial charge is 0.378 e. The Balaban J connectivity index is 2.10. The molecule has 0 bridgehead atoms. The molecule has 3 unspecified atom stereocenters. The molecule has 2 rings (SSSR count). The Morgan fingerprint density at radius 2 is 2.33 bits per heavy atom. The molecule has 1 aromatic carbocycles. The van der Waals surface area contributed by atoms with Crippen LogP contribution in [0.3, 0.4) is 0 Å². The van der Waals surface area contributed by atoms with Gasteiger partial charge in [-0.15, -0.1) is 0 Å². The van der Waals surface area contributed by atoms with Crippen LogP contribution in [0.1, 0.15) is 24.9 Å². The topological polar surface area (TPSA) is 35.2 Å². The number of benzene rings is 1. The van der Waals surface area contributed by atoms with Crippen molar-refractivity contribution >= 4 is 11.6 Å². The van der Waals surface area contributed by atoms with Crippen molar-refractivity contribution in [2.24, 2.45) is 11.7 Å². The average Bonchev–Trinajstić information content (AvgIpc) is 2.64. The molecule has 1 saturated heterocycles. The van der Waals surface area contributed by atoms with Crippen molar-refractivity contribution in [3.63, 3.8) is 0 Å². The maximum absolute atomic E-state index is 6.19. The van der Waals surface area contributed by atoms with Crippen molar-refractivity contribution in [3.05, 3.63) is 34.9 Å². The van der Waals surface area contributed by atoms with E-state index in [-0.39, 0.29) is 6.04 Å². The molecule has 3 heteroatoms. The Bertz CT molecular complexity index is 342. The predicted molar refractivity (Wildman–Crippen MR) is 61.9 cm³/mol. The van der Waals surface area contributed by atoms with E-state index in [0.29, 0.717) is 12.0 Å². The molecule has 2 nitrogen and oxygen atoms in total. The lowest BCUT2D eigenvalue weighted by Crippen LogP contribution is -2.21. The van der Waals surface area contributed by atoms with Crippen molar-refractivity contribution in [2.75, 3.05) is 6.61 Å². The van der Waals surface area contributed by atoms with E-state index in [0.717, 1.165) is 23.6 Å². The molecule has 1 heterocycles. The minimum absolute atomic E-state index is 0.0358. The normalized spacial score (nSPS) is 27.9. The summed E-state index contributed by atoms with van der Waals surface area (Å²) in [5.41, 5.74) is 7.29. The zero-order chi connectivity index (χ0) is 10.8. The summed E-state index contributed by atoms with van der Waals surface area (Å²) < 4.78 is 5.53. The van der Waals surface area contributed by atoms with Gasteiger partial charge in [0, 0.05) is 17.0 Å². The summed E-state index contributed by atoms with van der Waals surface area (Å²) in [6.45, 7) is 2.85. The van der Waals surface area contributed by atoms with Gasteiger partial charge in [-0.25, -0.2) is 0 Å². The van der Waals surface area contributed by atoms with Gasteiger partial charge in [0.1, 0.15) is 0 Å². The van der Waals surface area contributed by atoms with Crippen LogP contribution in [0.15, 0.2) is 24.3 Å². The van der Waals surface area contributed by atoms with Crippen molar-refractivity contribution in [3.8, 4) is 0 Å². The van der Waals surface area contributed by atoms with Gasteiger partial charge in [-0.2, -0.15) is 0 Å². The molecule has 0 amide bonds. The maximum atomic E-state index is 6.19. The molecule has 0 aliphatic carbocycles. The van der Waals surface area contributed by atoms with Gasteiger partial charge >= 0.3 is 0 Å². The minimum atomic E-state index is 0.0358. The lowest BCUT2D eigenvalue weighted by molar-refractivity contribution is 0.118. The van der Waals surface area contributed by atoms with Crippen LogP contribution in [-0.4, -0.2) is 12.7 Å². The fraction of sp³-hybridized carbons (Fsp3) is 0.500. The SMILES string of the molecule is CC1CC(C(N)c2cccc(Cl)c2)CO1. The highest BCUT2D eigenvalue weighted by molar-refractivity contribution is 6.30. The van der Waals surface area contributed by atoms with Crippen LogP contribution in [0.25, 0.3) is 0 Å². The Morgan fingerprint density at radius 1 is 1.53 bits per heavy atom. The average molecular weight is 226 g/mol. The zero-order valence-electron chi connectivity index (χ0n) is 8.82. The van der Waals surface area contributed by atoms with Gasteiger partial charge in [-0.3, -0.25) is 0 Å². The third-order valence-corrected chi connectivity index (χ3v) is 3.21. The van der Waals surface area contributed by atoms with Gasteiger partial charge in [0.15, 0.2) is 0 Å². The first-order chi connectivity index (χ1) is 7.16. The van der Waals surface area contributed by atoms with Crippen LogP contribution < -0.4 is 5.73 Å². The van der Waals surface area contributed by atoms with Gasteiger partial charge in [-0.05, 0) is 31.0 Å². The van der Waals surface area contributed by atoms with Crippen LogP contribution in [0.4, 0.5) is 0 Å². The smallest absolute Gasteiger partial charge is 0.0551 e. The van der Waals surface area contributed by atoms with E-state index in [9.17, 15) is 0 Å². The Morgan fingerprint density at radius 3 is 2.93 bits per heavy atom. The van der Waals surface area contributed by atoms with E-state index in [1.165, 1.54) is 0 Å². The van der Waals surface area contributed by atoms with Crippen LogP contribution in [0.2, 0.25) is 5.02 Å². The highest BCUT2D eigenvalue weighted by Crippen LogP contribution is 2.30. The molecule has 0 spiro atoms. The predicted octanol–water partition coefficient (Wildman–Crippen LogP) is 2.76.